The van der Waals surface area contributed by atoms with Gasteiger partial charge in [-0.2, -0.15) is 0 Å². The number of aliphatic hydroxyl groups excluding tert-OH is 1. The molecule has 1 saturated heterocycles. The van der Waals surface area contributed by atoms with Gasteiger partial charge in [-0.1, -0.05) is 12.1 Å². The number of aliphatic hydroxyl groups is 1. The van der Waals surface area contributed by atoms with Crippen LogP contribution in [-0.4, -0.2) is 40.3 Å². The summed E-state index contributed by atoms with van der Waals surface area (Å²) in [6.45, 7) is 0.164. The SMILES string of the molecule is COc1ccc2[nH]cc(CCN3C(=O)C(=O)C(=C(O)c4ccc(F)cc4)[C@@H]3c3ccc(F)cc3)c2c1. The van der Waals surface area contributed by atoms with Gasteiger partial charge in [0.1, 0.15) is 23.1 Å². The van der Waals surface area contributed by atoms with Crippen LogP contribution in [0.1, 0.15) is 22.7 Å². The van der Waals surface area contributed by atoms with E-state index in [1.54, 1.807) is 7.11 Å². The second-order valence-corrected chi connectivity index (χ2v) is 8.53. The number of Topliss-reactive ketones (excluding diaryl/α,β-unsaturated/α-hetero) is 1. The molecule has 0 spiro atoms. The second kappa shape index (κ2) is 9.30. The number of nitrogens with zero attached hydrogens (tertiary/aromatic N) is 1. The Labute approximate surface area is 205 Å². The summed E-state index contributed by atoms with van der Waals surface area (Å²) in [5, 5.41) is 11.9. The van der Waals surface area contributed by atoms with Gasteiger partial charge in [-0.05, 0) is 72.1 Å². The van der Waals surface area contributed by atoms with Gasteiger partial charge < -0.3 is 19.7 Å². The largest absolute Gasteiger partial charge is 0.507 e. The van der Waals surface area contributed by atoms with E-state index in [4.69, 9.17) is 4.74 Å². The topological polar surface area (TPSA) is 82.6 Å². The fourth-order valence-electron chi connectivity index (χ4n) is 4.60. The van der Waals surface area contributed by atoms with Gasteiger partial charge in [0.15, 0.2) is 0 Å². The molecule has 2 N–H and O–H groups in total. The first-order valence-electron chi connectivity index (χ1n) is 11.3. The number of methoxy groups -OCH3 is 1. The van der Waals surface area contributed by atoms with Crippen molar-refractivity contribution in [3.05, 3.63) is 107 Å². The number of likely N-dealkylation sites (tertiary alicyclic amines) is 1. The third-order valence-electron chi connectivity index (χ3n) is 6.44. The third-order valence-corrected chi connectivity index (χ3v) is 6.44. The molecule has 6 nitrogen and oxygen atoms in total. The number of carbonyl (C=O) groups excluding carboxylic acids is 2. The summed E-state index contributed by atoms with van der Waals surface area (Å²) < 4.78 is 32.4. The Balaban J connectivity index is 1.55. The zero-order chi connectivity index (χ0) is 25.4. The predicted molar refractivity (Wildman–Crippen MR) is 130 cm³/mol. The molecule has 1 atom stereocenters. The van der Waals surface area contributed by atoms with E-state index in [-0.39, 0.29) is 17.7 Å². The molecule has 0 aliphatic carbocycles. The number of aromatic nitrogens is 1. The molecule has 3 aromatic carbocycles. The Morgan fingerprint density at radius 1 is 1.00 bits per heavy atom. The number of fused-ring (bicyclic) bond motifs is 1. The molecule has 1 aliphatic rings. The van der Waals surface area contributed by atoms with E-state index in [1.807, 2.05) is 24.4 Å². The minimum atomic E-state index is -0.935. The van der Waals surface area contributed by atoms with Crippen LogP contribution in [0.15, 0.2) is 78.5 Å². The van der Waals surface area contributed by atoms with E-state index < -0.39 is 35.1 Å². The fourth-order valence-corrected chi connectivity index (χ4v) is 4.60. The van der Waals surface area contributed by atoms with Crippen molar-refractivity contribution in [2.75, 3.05) is 13.7 Å². The predicted octanol–water partition coefficient (Wildman–Crippen LogP) is 5.12. The summed E-state index contributed by atoms with van der Waals surface area (Å²) in [7, 11) is 1.58. The van der Waals surface area contributed by atoms with Crippen molar-refractivity contribution in [1.29, 1.82) is 0 Å². The summed E-state index contributed by atoms with van der Waals surface area (Å²) in [5.41, 5.74) is 2.37. The normalized spacial score (nSPS) is 17.2. The highest BCUT2D eigenvalue weighted by Gasteiger charge is 2.45. The number of benzene rings is 3. The van der Waals surface area contributed by atoms with E-state index in [0.717, 1.165) is 28.6 Å². The molecule has 4 aromatic rings. The van der Waals surface area contributed by atoms with Gasteiger partial charge >= 0.3 is 0 Å². The van der Waals surface area contributed by atoms with Crippen molar-refractivity contribution in [3.63, 3.8) is 0 Å². The number of H-pyrrole nitrogens is 1. The number of rotatable bonds is 6. The number of hydrogen-bond donors (Lipinski definition) is 2. The quantitative estimate of drug-likeness (QED) is 0.224. The molecule has 36 heavy (non-hydrogen) atoms. The third kappa shape index (κ3) is 4.11. The fraction of sp³-hybridized carbons (Fsp3) is 0.143. The van der Waals surface area contributed by atoms with Crippen molar-refractivity contribution < 1.29 is 28.2 Å². The molecule has 1 amide bonds. The van der Waals surface area contributed by atoms with Crippen LogP contribution in [0, 0.1) is 11.6 Å². The lowest BCUT2D eigenvalue weighted by Gasteiger charge is -2.25. The number of nitrogens with one attached hydrogen (secondary N) is 1. The van der Waals surface area contributed by atoms with E-state index in [2.05, 4.69) is 4.98 Å². The van der Waals surface area contributed by atoms with Gasteiger partial charge in [-0.15, -0.1) is 0 Å². The molecular formula is C28H22F2N2O4. The smallest absolute Gasteiger partial charge is 0.295 e. The Morgan fingerprint density at radius 3 is 2.33 bits per heavy atom. The molecule has 0 unspecified atom stereocenters. The summed E-state index contributed by atoms with van der Waals surface area (Å²) in [5.74, 6) is -2.33. The highest BCUT2D eigenvalue weighted by molar-refractivity contribution is 6.46. The lowest BCUT2D eigenvalue weighted by molar-refractivity contribution is -0.139. The molecule has 0 bridgehead atoms. The van der Waals surface area contributed by atoms with Crippen LogP contribution in [0.5, 0.6) is 5.75 Å². The Hall–Kier alpha value is -4.46. The number of amides is 1. The number of ether oxygens (including phenoxy) is 1. The van der Waals surface area contributed by atoms with Crippen LogP contribution < -0.4 is 4.74 Å². The molecule has 0 radical (unpaired) electrons. The van der Waals surface area contributed by atoms with Crippen LogP contribution in [0.4, 0.5) is 8.78 Å². The van der Waals surface area contributed by atoms with E-state index in [0.29, 0.717) is 17.7 Å². The maximum Gasteiger partial charge on any atom is 0.295 e. The van der Waals surface area contributed by atoms with Crippen LogP contribution in [0.25, 0.3) is 16.7 Å². The molecular weight excluding hydrogens is 466 g/mol. The van der Waals surface area contributed by atoms with Gasteiger partial charge in [0.2, 0.25) is 0 Å². The Bertz CT molecular complexity index is 1490. The molecule has 2 heterocycles. The average Bonchev–Trinajstić information content (AvgIpc) is 3.40. The Morgan fingerprint density at radius 2 is 1.67 bits per heavy atom. The van der Waals surface area contributed by atoms with Gasteiger partial charge in [0.05, 0.1) is 18.7 Å². The van der Waals surface area contributed by atoms with Crippen molar-refractivity contribution in [2.45, 2.75) is 12.5 Å². The molecule has 1 aliphatic heterocycles. The molecule has 5 rings (SSSR count). The number of ketones is 1. The van der Waals surface area contributed by atoms with E-state index in [9.17, 15) is 23.5 Å². The van der Waals surface area contributed by atoms with Crippen molar-refractivity contribution >= 4 is 28.4 Å². The molecule has 8 heteroatoms. The first-order chi connectivity index (χ1) is 17.4. The summed E-state index contributed by atoms with van der Waals surface area (Å²) in [6.07, 6.45) is 2.25. The van der Waals surface area contributed by atoms with E-state index in [1.165, 1.54) is 41.3 Å². The zero-order valence-electron chi connectivity index (χ0n) is 19.3. The van der Waals surface area contributed by atoms with Crippen LogP contribution in [0.2, 0.25) is 0 Å². The number of hydrogen-bond acceptors (Lipinski definition) is 4. The monoisotopic (exact) mass is 488 g/mol. The summed E-state index contributed by atoms with van der Waals surface area (Å²) in [6, 6.07) is 15.1. The van der Waals surface area contributed by atoms with Crippen LogP contribution in [0.3, 0.4) is 0 Å². The van der Waals surface area contributed by atoms with Crippen LogP contribution >= 0.6 is 0 Å². The van der Waals surface area contributed by atoms with Gasteiger partial charge in [-0.3, -0.25) is 9.59 Å². The summed E-state index contributed by atoms with van der Waals surface area (Å²) >= 11 is 0. The zero-order valence-corrected chi connectivity index (χ0v) is 19.3. The number of carbonyl (C=O) groups is 2. The minimum absolute atomic E-state index is 0.126. The van der Waals surface area contributed by atoms with Gasteiger partial charge in [0, 0.05) is 29.2 Å². The number of halogens is 2. The minimum Gasteiger partial charge on any atom is -0.507 e. The number of aromatic amines is 1. The highest BCUT2D eigenvalue weighted by Crippen LogP contribution is 2.39. The van der Waals surface area contributed by atoms with Crippen molar-refractivity contribution in [1.82, 2.24) is 9.88 Å². The average molecular weight is 488 g/mol. The molecule has 0 saturated carbocycles. The highest BCUT2D eigenvalue weighted by atomic mass is 19.1. The molecule has 1 aromatic heterocycles. The summed E-state index contributed by atoms with van der Waals surface area (Å²) in [4.78, 5) is 30.8. The molecule has 1 fully saturated rings. The molecule has 182 valence electrons. The standard InChI is InChI=1S/C28H22F2N2O4/c1-36-21-10-11-23-22(14-21)18(15-31-23)12-13-32-25(16-2-6-19(29)7-3-16)24(27(34)28(32)35)26(33)17-4-8-20(30)9-5-17/h2-11,14-15,25,31,33H,12-13H2,1H3/t25-/m0/s1. The maximum absolute atomic E-state index is 13.7. The second-order valence-electron chi connectivity index (χ2n) is 8.53. The van der Waals surface area contributed by atoms with Crippen molar-refractivity contribution in [3.8, 4) is 5.75 Å². The Kier molecular flexibility index (Phi) is 6.01. The van der Waals surface area contributed by atoms with Crippen LogP contribution in [-0.2, 0) is 16.0 Å². The lowest BCUT2D eigenvalue weighted by atomic mass is 9.95. The lowest BCUT2D eigenvalue weighted by Crippen LogP contribution is -2.31. The first kappa shape index (κ1) is 23.3. The van der Waals surface area contributed by atoms with Crippen molar-refractivity contribution in [2.24, 2.45) is 0 Å². The maximum atomic E-state index is 13.7. The first-order valence-corrected chi connectivity index (χ1v) is 11.3. The van der Waals surface area contributed by atoms with Gasteiger partial charge in [-0.25, -0.2) is 8.78 Å². The van der Waals surface area contributed by atoms with Gasteiger partial charge in [0.25, 0.3) is 11.7 Å². The van der Waals surface area contributed by atoms with E-state index >= 15 is 0 Å².